The molecule has 0 fully saturated rings. The van der Waals surface area contributed by atoms with Crippen LogP contribution in [0.25, 0.3) is 0 Å². The van der Waals surface area contributed by atoms with Crippen LogP contribution in [0.15, 0.2) is 0 Å². The molecule has 0 spiro atoms. The number of carbonyl (C=O) groups excluding carboxylic acids is 1. The first-order valence-corrected chi connectivity index (χ1v) is 5.72. The summed E-state index contributed by atoms with van der Waals surface area (Å²) in [6.45, 7) is 7.66. The maximum atomic E-state index is 9.59. The van der Waals surface area contributed by atoms with Gasteiger partial charge in [-0.2, -0.15) is 0 Å². The van der Waals surface area contributed by atoms with E-state index in [4.69, 9.17) is 0 Å². The van der Waals surface area contributed by atoms with Gasteiger partial charge >= 0.3 is 39.6 Å². The quantitative estimate of drug-likeness (QED) is 0.595. The molecule has 0 saturated carbocycles. The Labute approximate surface area is 75.7 Å². The van der Waals surface area contributed by atoms with Crippen LogP contribution in [0, 0.1) is 5.92 Å². The van der Waals surface area contributed by atoms with Crippen LogP contribution in [0.2, 0.25) is 10.6 Å². The Hall–Kier alpha value is 0.00247. The summed E-state index contributed by atoms with van der Waals surface area (Å²) in [6, 6.07) is 0. The molecule has 0 amide bonds. The number of hydrogen-bond acceptors (Lipinski definition) is 2. The van der Waals surface area contributed by atoms with E-state index >= 15 is 0 Å². The van der Waals surface area contributed by atoms with Crippen molar-refractivity contribution >= 4 is 21.2 Å². The van der Waals surface area contributed by atoms with E-state index in [1.54, 1.807) is 13.8 Å². The molecule has 0 unspecified atom stereocenters. The molecule has 0 aromatic rings. The van der Waals surface area contributed by atoms with E-state index in [1.165, 1.54) is 10.6 Å². The molecule has 0 bridgehead atoms. The molecule has 0 aliphatic rings. The average Bonchev–Trinajstić information content (AvgIpc) is 1.90. The molecule has 3 heteroatoms. The molecule has 2 nitrogen and oxygen atoms in total. The van der Waals surface area contributed by atoms with Gasteiger partial charge in [-0.3, -0.25) is 0 Å². The number of carboxylic acid groups (broad SMARTS) is 1. The summed E-state index contributed by atoms with van der Waals surface area (Å²) in [6.07, 6.45) is 0. The molecular weight excluding hydrogens is 155 g/mol. The average molecular weight is 172 g/mol. The number of rotatable bonds is 3. The Morgan fingerprint density at radius 3 is 1.64 bits per heavy atom. The van der Waals surface area contributed by atoms with Gasteiger partial charge in [0.25, 0.3) is 0 Å². The van der Waals surface area contributed by atoms with E-state index in [0.29, 0.717) is 0 Å². The number of hydrogen-bond donors (Lipinski definition) is 0. The number of aliphatic carboxylic acids is 1. The van der Waals surface area contributed by atoms with Crippen LogP contribution in [0.1, 0.15) is 27.7 Å². The molecule has 0 aliphatic carbocycles. The summed E-state index contributed by atoms with van der Waals surface area (Å²) in [4.78, 5) is 9.59. The van der Waals surface area contributed by atoms with Crippen molar-refractivity contribution < 1.29 is 9.90 Å². The van der Waals surface area contributed by atoms with Crippen molar-refractivity contribution in [3.63, 3.8) is 0 Å². The molecule has 0 atom stereocenters. The van der Waals surface area contributed by atoms with Crippen molar-refractivity contribution in [3.05, 3.63) is 0 Å². The van der Waals surface area contributed by atoms with Gasteiger partial charge in [-0.05, 0) is 5.92 Å². The van der Waals surface area contributed by atoms with E-state index < -0.39 is 5.97 Å². The summed E-state index contributed by atoms with van der Waals surface area (Å²) in [5.41, 5.74) is 0. The summed E-state index contributed by atoms with van der Waals surface area (Å²) >= 11 is 0.815. The second kappa shape index (κ2) is 10.0. The van der Waals surface area contributed by atoms with Crippen LogP contribution in [-0.2, 0) is 4.79 Å². The zero-order valence-electron chi connectivity index (χ0n) is 7.89. The van der Waals surface area contributed by atoms with Gasteiger partial charge in [0.1, 0.15) is 0 Å². The van der Waals surface area contributed by atoms with Gasteiger partial charge < -0.3 is 9.90 Å². The number of carbonyl (C=O) groups is 1. The molecule has 0 heterocycles. The fourth-order valence-electron chi connectivity index (χ4n) is 0.289. The molecule has 0 aliphatic heterocycles. The Morgan fingerprint density at radius 2 is 1.64 bits per heavy atom. The van der Waals surface area contributed by atoms with E-state index in [0.717, 1.165) is 15.2 Å². The molecular formula is C8H17AlO2. The van der Waals surface area contributed by atoms with Crippen LogP contribution in [0.4, 0.5) is 0 Å². The van der Waals surface area contributed by atoms with Crippen LogP contribution in [0.5, 0.6) is 0 Å². The van der Waals surface area contributed by atoms with Crippen LogP contribution < -0.4 is 5.11 Å². The molecule has 0 saturated heterocycles. The first-order chi connectivity index (χ1) is 5.06. The maximum absolute atomic E-state index is 9.59. The van der Waals surface area contributed by atoms with E-state index in [9.17, 15) is 9.90 Å². The molecule has 0 radical (unpaired) electrons. The third-order valence-corrected chi connectivity index (χ3v) is 2.20. The van der Waals surface area contributed by atoms with Gasteiger partial charge in [0.15, 0.2) is 0 Å². The molecule has 0 aromatic carbocycles. The van der Waals surface area contributed by atoms with Crippen molar-refractivity contribution in [1.29, 1.82) is 0 Å². The topological polar surface area (TPSA) is 40.1 Å². The first kappa shape index (κ1) is 13.6. The fourth-order valence-corrected chi connectivity index (χ4v) is 0.866. The predicted molar refractivity (Wildman–Crippen MR) is 46.6 cm³/mol. The second-order valence-electron chi connectivity index (χ2n) is 2.58. The van der Waals surface area contributed by atoms with Gasteiger partial charge in [0.05, 0.1) is 0 Å². The van der Waals surface area contributed by atoms with Crippen molar-refractivity contribution in [2.24, 2.45) is 5.92 Å². The van der Waals surface area contributed by atoms with Crippen molar-refractivity contribution in [3.8, 4) is 0 Å². The molecule has 11 heavy (non-hydrogen) atoms. The standard InChI is InChI=1S/C4H8O2.2C2H5.Al/c1-3(2)4(5)6;2*1-2;/h3H,1-2H3,(H,5,6);2*1H2,2H3;/q;;;+1/p-1. The van der Waals surface area contributed by atoms with Gasteiger partial charge in [0, 0.05) is 5.97 Å². The summed E-state index contributed by atoms with van der Waals surface area (Å²) < 4.78 is 0. The molecule has 64 valence electrons. The monoisotopic (exact) mass is 172 g/mol. The Morgan fingerprint density at radius 1 is 1.36 bits per heavy atom. The number of carboxylic acids is 1. The van der Waals surface area contributed by atoms with E-state index in [1.807, 2.05) is 0 Å². The van der Waals surface area contributed by atoms with Crippen LogP contribution in [-0.4, -0.2) is 21.2 Å². The summed E-state index contributed by atoms with van der Waals surface area (Å²) in [5, 5.41) is 12.4. The second-order valence-corrected chi connectivity index (χ2v) is 4.79. The van der Waals surface area contributed by atoms with Crippen molar-refractivity contribution in [2.75, 3.05) is 0 Å². The minimum atomic E-state index is -0.991. The van der Waals surface area contributed by atoms with Gasteiger partial charge in [-0.25, -0.2) is 0 Å². The van der Waals surface area contributed by atoms with Crippen LogP contribution >= 0.6 is 0 Å². The zero-order valence-corrected chi connectivity index (χ0v) is 9.04. The molecule has 0 N–H and O–H groups in total. The fraction of sp³-hybridized carbons (Fsp3) is 0.875. The summed E-state index contributed by atoms with van der Waals surface area (Å²) in [5.74, 6) is -1.33. The first-order valence-electron chi connectivity index (χ1n) is 4.08. The Balaban J connectivity index is 0. The van der Waals surface area contributed by atoms with Gasteiger partial charge in [-0.15, -0.1) is 0 Å². The third-order valence-electron chi connectivity index (χ3n) is 1.05. The third kappa shape index (κ3) is 17.8. The normalized spacial score (nSPS) is 8.09. The predicted octanol–water partition coefficient (Wildman–Crippen LogP) is 0.959. The van der Waals surface area contributed by atoms with E-state index in [2.05, 4.69) is 13.8 Å². The Kier molecular flexibility index (Phi) is 12.4. The van der Waals surface area contributed by atoms with Gasteiger partial charge in [-0.1, -0.05) is 13.8 Å². The zero-order chi connectivity index (χ0) is 9.28. The Bertz CT molecular complexity index is 90.1. The SMILES string of the molecule is CC(C)C(=O)[O-].C[CH2][Al+][CH2]C. The molecule has 0 aromatic heterocycles. The minimum absolute atomic E-state index is 0.343. The summed E-state index contributed by atoms with van der Waals surface area (Å²) in [7, 11) is 0. The van der Waals surface area contributed by atoms with Crippen molar-refractivity contribution in [1.82, 2.24) is 0 Å². The molecule has 0 rings (SSSR count). The van der Waals surface area contributed by atoms with Crippen molar-refractivity contribution in [2.45, 2.75) is 38.3 Å². The van der Waals surface area contributed by atoms with Crippen LogP contribution in [0.3, 0.4) is 0 Å². The van der Waals surface area contributed by atoms with E-state index in [-0.39, 0.29) is 5.92 Å². The van der Waals surface area contributed by atoms with Gasteiger partial charge in [0.2, 0.25) is 0 Å².